The summed E-state index contributed by atoms with van der Waals surface area (Å²) in [6.45, 7) is 0.304. The van der Waals surface area contributed by atoms with Crippen LogP contribution in [0.4, 0.5) is 15.8 Å². The van der Waals surface area contributed by atoms with Crippen molar-refractivity contribution in [2.75, 3.05) is 9.73 Å². The molecule has 1 aliphatic rings. The number of nitrogens with one attached hydrogen (secondary N) is 2. The molecule has 0 spiro atoms. The van der Waals surface area contributed by atoms with Crippen LogP contribution in [0.15, 0.2) is 70.0 Å². The third-order valence-corrected chi connectivity index (χ3v) is 7.03. The molecule has 0 aromatic heterocycles. The molecule has 0 fully saturated rings. The van der Waals surface area contributed by atoms with Gasteiger partial charge in [-0.3, -0.25) is 4.79 Å². The molecule has 0 unspecified atom stereocenters. The molecule has 4 rings (SSSR count). The monoisotopic (exact) mass is 509 g/mol. The highest BCUT2D eigenvalue weighted by Gasteiger charge is 2.31. The molecule has 0 radical (unpaired) electrons. The number of carbonyl (C=O) groups excluding carboxylic acids is 1. The molecule has 3 aromatic carbocycles. The van der Waals surface area contributed by atoms with Gasteiger partial charge in [0.05, 0.1) is 21.2 Å². The molecule has 0 bridgehead atoms. The normalized spacial score (nSPS) is 13.2. The Bertz CT molecular complexity index is 1230. The molecular formula is C20H14BrClFN3O3S. The number of carbonyl (C=O) groups is 1. The van der Waals surface area contributed by atoms with Gasteiger partial charge < -0.3 is 5.32 Å². The smallest absolute Gasteiger partial charge is 0.277 e. The number of nitrogens with zero attached hydrogens (tertiary/aromatic N) is 1. The lowest BCUT2D eigenvalue weighted by Crippen LogP contribution is -2.38. The third-order valence-electron chi connectivity index (χ3n) is 4.52. The minimum absolute atomic E-state index is 0.0187. The Hall–Kier alpha value is -2.46. The number of halogens is 3. The molecule has 10 heteroatoms. The summed E-state index contributed by atoms with van der Waals surface area (Å²) in [5.41, 5.74) is 3.97. The predicted octanol–water partition coefficient (Wildman–Crippen LogP) is 4.71. The fraction of sp³-hybridized carbons (Fsp3) is 0.0500. The third kappa shape index (κ3) is 3.81. The number of hydrogen-bond donors (Lipinski definition) is 2. The summed E-state index contributed by atoms with van der Waals surface area (Å²) in [5.74, 6) is -1.48. The van der Waals surface area contributed by atoms with Gasteiger partial charge in [-0.15, -0.1) is 0 Å². The van der Waals surface area contributed by atoms with E-state index in [9.17, 15) is 17.6 Å². The molecule has 1 amide bonds. The van der Waals surface area contributed by atoms with E-state index in [0.29, 0.717) is 17.9 Å². The van der Waals surface area contributed by atoms with Crippen molar-refractivity contribution >= 4 is 54.8 Å². The van der Waals surface area contributed by atoms with Gasteiger partial charge in [0.15, 0.2) is 0 Å². The van der Waals surface area contributed by atoms with Gasteiger partial charge in [0, 0.05) is 16.7 Å². The van der Waals surface area contributed by atoms with E-state index in [2.05, 4.69) is 26.7 Å². The van der Waals surface area contributed by atoms with E-state index < -0.39 is 21.7 Å². The van der Waals surface area contributed by atoms with Crippen molar-refractivity contribution < 1.29 is 17.6 Å². The van der Waals surface area contributed by atoms with Gasteiger partial charge in [-0.1, -0.05) is 39.7 Å². The standard InChI is InChI=1S/C20H14BrClFN3O3S/c21-13-5-8-15(9-6-13)30(28,29)26-18-10-14(7-4-12(18)11-24-26)25-20(27)19-16(22)2-1-3-17(19)23/h1-10,24H,11H2,(H,25,27). The largest absolute Gasteiger partial charge is 0.322 e. The van der Waals surface area contributed by atoms with Crippen molar-refractivity contribution in [3.05, 3.63) is 87.1 Å². The number of amides is 1. The summed E-state index contributed by atoms with van der Waals surface area (Å²) in [6, 6.07) is 15.0. The van der Waals surface area contributed by atoms with Crippen molar-refractivity contribution in [1.29, 1.82) is 0 Å². The van der Waals surface area contributed by atoms with Gasteiger partial charge in [0.2, 0.25) is 0 Å². The number of hydrogen-bond acceptors (Lipinski definition) is 4. The number of hydrazine groups is 1. The van der Waals surface area contributed by atoms with Crippen molar-refractivity contribution in [3.63, 3.8) is 0 Å². The lowest BCUT2D eigenvalue weighted by molar-refractivity contribution is 0.102. The summed E-state index contributed by atoms with van der Waals surface area (Å²) in [4.78, 5) is 12.6. The molecular weight excluding hydrogens is 497 g/mol. The maximum absolute atomic E-state index is 14.0. The first kappa shape index (κ1) is 20.8. The second-order valence-corrected chi connectivity index (χ2v) is 9.56. The highest BCUT2D eigenvalue weighted by molar-refractivity contribution is 9.10. The zero-order valence-corrected chi connectivity index (χ0v) is 18.4. The van der Waals surface area contributed by atoms with E-state index >= 15 is 0 Å². The van der Waals surface area contributed by atoms with Crippen molar-refractivity contribution in [2.45, 2.75) is 11.4 Å². The quantitative estimate of drug-likeness (QED) is 0.533. The van der Waals surface area contributed by atoms with E-state index in [-0.39, 0.29) is 15.5 Å². The van der Waals surface area contributed by atoms with Gasteiger partial charge in [-0.2, -0.15) is 12.8 Å². The van der Waals surface area contributed by atoms with E-state index in [1.807, 2.05) is 0 Å². The first-order valence-electron chi connectivity index (χ1n) is 8.70. The first-order chi connectivity index (χ1) is 14.3. The van der Waals surface area contributed by atoms with Gasteiger partial charge in [0.1, 0.15) is 5.82 Å². The first-order valence-corrected chi connectivity index (χ1v) is 11.3. The van der Waals surface area contributed by atoms with Crippen LogP contribution in [-0.2, 0) is 16.6 Å². The number of rotatable bonds is 4. The summed E-state index contributed by atoms with van der Waals surface area (Å²) in [7, 11) is -3.87. The molecule has 30 heavy (non-hydrogen) atoms. The second-order valence-electron chi connectivity index (χ2n) is 6.45. The molecule has 1 heterocycles. The minimum Gasteiger partial charge on any atom is -0.322 e. The van der Waals surface area contributed by atoms with Crippen LogP contribution in [0.25, 0.3) is 0 Å². The number of fused-ring (bicyclic) bond motifs is 1. The number of benzene rings is 3. The summed E-state index contributed by atoms with van der Waals surface area (Å²) in [6.07, 6.45) is 0. The summed E-state index contributed by atoms with van der Waals surface area (Å²) >= 11 is 9.23. The lowest BCUT2D eigenvalue weighted by Gasteiger charge is -2.20. The molecule has 154 valence electrons. The van der Waals surface area contributed by atoms with Crippen LogP contribution < -0.4 is 15.2 Å². The topological polar surface area (TPSA) is 78.5 Å². The average molecular weight is 511 g/mol. The van der Waals surface area contributed by atoms with Crippen LogP contribution in [-0.4, -0.2) is 14.3 Å². The Kier molecular flexibility index (Phi) is 5.54. The molecule has 0 saturated carbocycles. The Labute approximate surface area is 185 Å². The molecule has 2 N–H and O–H groups in total. The van der Waals surface area contributed by atoms with E-state index in [1.165, 1.54) is 30.3 Å². The van der Waals surface area contributed by atoms with Crippen LogP contribution in [0.1, 0.15) is 15.9 Å². The van der Waals surface area contributed by atoms with Crippen LogP contribution in [0.3, 0.4) is 0 Å². The van der Waals surface area contributed by atoms with Crippen LogP contribution in [0.5, 0.6) is 0 Å². The zero-order valence-electron chi connectivity index (χ0n) is 15.2. The Morgan fingerprint density at radius 1 is 1.13 bits per heavy atom. The van der Waals surface area contributed by atoms with Crippen molar-refractivity contribution in [3.8, 4) is 0 Å². The molecule has 3 aromatic rings. The molecule has 6 nitrogen and oxygen atoms in total. The Morgan fingerprint density at radius 2 is 1.87 bits per heavy atom. The summed E-state index contributed by atoms with van der Waals surface area (Å²) in [5, 5.41) is 2.55. The Balaban J connectivity index is 1.65. The van der Waals surface area contributed by atoms with Crippen LogP contribution in [0, 0.1) is 5.82 Å². The fourth-order valence-corrected chi connectivity index (χ4v) is 4.92. The predicted molar refractivity (Wildman–Crippen MR) is 116 cm³/mol. The fourth-order valence-electron chi connectivity index (χ4n) is 3.06. The molecule has 0 saturated heterocycles. The number of sulfonamides is 1. The maximum atomic E-state index is 14.0. The molecule has 0 atom stereocenters. The van der Waals surface area contributed by atoms with Crippen LogP contribution >= 0.6 is 27.5 Å². The van der Waals surface area contributed by atoms with Gasteiger partial charge in [0.25, 0.3) is 15.9 Å². The minimum atomic E-state index is -3.87. The lowest BCUT2D eigenvalue weighted by atomic mass is 10.1. The van der Waals surface area contributed by atoms with E-state index in [1.54, 1.807) is 24.3 Å². The highest BCUT2D eigenvalue weighted by atomic mass is 79.9. The second kappa shape index (κ2) is 7.99. The van der Waals surface area contributed by atoms with Crippen LogP contribution in [0.2, 0.25) is 5.02 Å². The maximum Gasteiger partial charge on any atom is 0.277 e. The zero-order chi connectivity index (χ0) is 21.5. The highest BCUT2D eigenvalue weighted by Crippen LogP contribution is 2.33. The molecule has 0 aliphatic carbocycles. The van der Waals surface area contributed by atoms with E-state index in [0.717, 1.165) is 20.5 Å². The SMILES string of the molecule is O=C(Nc1ccc2c(c1)N(S(=O)(=O)c1ccc(Br)cc1)NC2)c1c(F)cccc1Cl. The van der Waals surface area contributed by atoms with E-state index in [4.69, 9.17) is 11.6 Å². The van der Waals surface area contributed by atoms with Crippen molar-refractivity contribution in [1.82, 2.24) is 5.43 Å². The number of anilines is 2. The summed E-state index contributed by atoms with van der Waals surface area (Å²) < 4.78 is 41.9. The van der Waals surface area contributed by atoms with Gasteiger partial charge in [-0.05, 0) is 54.1 Å². The van der Waals surface area contributed by atoms with Gasteiger partial charge in [-0.25, -0.2) is 9.82 Å². The van der Waals surface area contributed by atoms with Crippen molar-refractivity contribution in [2.24, 2.45) is 0 Å². The van der Waals surface area contributed by atoms with Gasteiger partial charge >= 0.3 is 0 Å². The molecule has 1 aliphatic heterocycles. The Morgan fingerprint density at radius 3 is 2.57 bits per heavy atom. The average Bonchev–Trinajstić information content (AvgIpc) is 3.12.